The number of rotatable bonds is 7. The second-order valence-electron chi connectivity index (χ2n) is 7.28. The molecule has 0 fully saturated rings. The second kappa shape index (κ2) is 10.6. The number of hydrogen-bond donors (Lipinski definition) is 2. The molecule has 2 N–H and O–H groups in total. The molecule has 1 aromatic heterocycles. The highest BCUT2D eigenvalue weighted by molar-refractivity contribution is 6.31. The van der Waals surface area contributed by atoms with Crippen molar-refractivity contribution < 1.29 is 14.3 Å². The van der Waals surface area contributed by atoms with E-state index in [1.807, 2.05) is 24.3 Å². The molecule has 4 rings (SSSR count). The monoisotopic (exact) mass is 489 g/mol. The predicted octanol–water partition coefficient (Wildman–Crippen LogP) is 3.73. The molecule has 0 unspecified atom stereocenters. The molecule has 0 saturated heterocycles. The van der Waals surface area contributed by atoms with Gasteiger partial charge in [0.1, 0.15) is 12.1 Å². The standard InChI is InChI=1S/C24H20ClN7O3/c1-15(16-7-10-18(11-8-16)32-14-26-30-31-32)28-29-24(34)19-5-3-4-6-21(19)27-23(33)20-13-17(25)9-12-22(20)35-2/h3-14H,1-2H3,(H,27,33)(H,29,34)/b28-15+. The zero-order valence-electron chi connectivity index (χ0n) is 18.8. The third kappa shape index (κ3) is 5.50. The van der Waals surface area contributed by atoms with Crippen LogP contribution in [0, 0.1) is 0 Å². The Bertz CT molecular complexity index is 1390. The number of para-hydroxylation sites is 1. The van der Waals surface area contributed by atoms with E-state index < -0.39 is 11.8 Å². The summed E-state index contributed by atoms with van der Waals surface area (Å²) >= 11 is 6.03. The summed E-state index contributed by atoms with van der Waals surface area (Å²) in [6.07, 6.45) is 1.49. The molecule has 0 aliphatic rings. The van der Waals surface area contributed by atoms with Crippen LogP contribution < -0.4 is 15.5 Å². The number of nitrogens with one attached hydrogen (secondary N) is 2. The quantitative estimate of drug-likeness (QED) is 0.301. The fourth-order valence-corrected chi connectivity index (χ4v) is 3.40. The van der Waals surface area contributed by atoms with Gasteiger partial charge in [0.05, 0.1) is 35.3 Å². The molecule has 3 aromatic carbocycles. The Morgan fingerprint density at radius 3 is 2.49 bits per heavy atom. The van der Waals surface area contributed by atoms with Crippen LogP contribution in [0.4, 0.5) is 5.69 Å². The molecule has 0 bridgehead atoms. The number of hydrazone groups is 1. The van der Waals surface area contributed by atoms with Gasteiger partial charge < -0.3 is 10.1 Å². The van der Waals surface area contributed by atoms with Crippen LogP contribution in [0.5, 0.6) is 5.75 Å². The molecule has 10 nitrogen and oxygen atoms in total. The van der Waals surface area contributed by atoms with Gasteiger partial charge in [0.2, 0.25) is 0 Å². The van der Waals surface area contributed by atoms with Gasteiger partial charge in [-0.05, 0) is 65.4 Å². The maximum Gasteiger partial charge on any atom is 0.273 e. The van der Waals surface area contributed by atoms with E-state index >= 15 is 0 Å². The normalized spacial score (nSPS) is 11.1. The molecule has 0 aliphatic heterocycles. The number of hydrogen-bond acceptors (Lipinski definition) is 7. The van der Waals surface area contributed by atoms with Gasteiger partial charge in [0.15, 0.2) is 0 Å². The molecule has 11 heteroatoms. The Labute approximate surface area is 205 Å². The number of benzene rings is 3. The van der Waals surface area contributed by atoms with Gasteiger partial charge in [0.25, 0.3) is 11.8 Å². The zero-order chi connectivity index (χ0) is 24.8. The number of aromatic nitrogens is 4. The summed E-state index contributed by atoms with van der Waals surface area (Å²) < 4.78 is 6.77. The summed E-state index contributed by atoms with van der Waals surface area (Å²) in [4.78, 5) is 25.7. The van der Waals surface area contributed by atoms with Crippen LogP contribution in [-0.2, 0) is 0 Å². The minimum atomic E-state index is -0.483. The average molecular weight is 490 g/mol. The highest BCUT2D eigenvalue weighted by atomic mass is 35.5. The molecule has 35 heavy (non-hydrogen) atoms. The predicted molar refractivity (Wildman–Crippen MR) is 131 cm³/mol. The number of methoxy groups -OCH3 is 1. The zero-order valence-corrected chi connectivity index (χ0v) is 19.5. The first-order valence-corrected chi connectivity index (χ1v) is 10.8. The Kier molecular flexibility index (Phi) is 7.12. The highest BCUT2D eigenvalue weighted by Gasteiger charge is 2.17. The molecule has 0 atom stereocenters. The number of ether oxygens (including phenoxy) is 1. The van der Waals surface area contributed by atoms with Crippen molar-refractivity contribution >= 4 is 34.8 Å². The minimum Gasteiger partial charge on any atom is -0.496 e. The van der Waals surface area contributed by atoms with Crippen LogP contribution >= 0.6 is 11.6 Å². The fraction of sp³-hybridized carbons (Fsp3) is 0.0833. The smallest absolute Gasteiger partial charge is 0.273 e. The highest BCUT2D eigenvalue weighted by Crippen LogP contribution is 2.24. The van der Waals surface area contributed by atoms with E-state index in [0.717, 1.165) is 11.3 Å². The van der Waals surface area contributed by atoms with Crippen molar-refractivity contribution in [1.29, 1.82) is 0 Å². The van der Waals surface area contributed by atoms with Crippen LogP contribution in [0.25, 0.3) is 5.69 Å². The van der Waals surface area contributed by atoms with E-state index in [9.17, 15) is 9.59 Å². The number of carbonyl (C=O) groups excluding carboxylic acids is 2. The van der Waals surface area contributed by atoms with Gasteiger partial charge >= 0.3 is 0 Å². The van der Waals surface area contributed by atoms with Crippen LogP contribution in [-0.4, -0.2) is 44.8 Å². The third-order valence-electron chi connectivity index (χ3n) is 5.05. The lowest BCUT2D eigenvalue weighted by Crippen LogP contribution is -2.22. The molecule has 0 radical (unpaired) electrons. The lowest BCUT2D eigenvalue weighted by atomic mass is 10.1. The van der Waals surface area contributed by atoms with Gasteiger partial charge in [-0.15, -0.1) is 5.10 Å². The number of nitrogens with zero attached hydrogens (tertiary/aromatic N) is 5. The Morgan fingerprint density at radius 1 is 1.00 bits per heavy atom. The van der Waals surface area contributed by atoms with E-state index in [1.165, 1.54) is 24.2 Å². The minimum absolute atomic E-state index is 0.243. The number of carbonyl (C=O) groups is 2. The topological polar surface area (TPSA) is 123 Å². The van der Waals surface area contributed by atoms with E-state index in [2.05, 4.69) is 31.4 Å². The first-order chi connectivity index (χ1) is 17.0. The first kappa shape index (κ1) is 23.6. The number of anilines is 1. The number of amides is 2. The van der Waals surface area contributed by atoms with Gasteiger partial charge in [0, 0.05) is 5.02 Å². The molecule has 176 valence electrons. The molecule has 0 saturated carbocycles. The van der Waals surface area contributed by atoms with Gasteiger partial charge in [-0.1, -0.05) is 35.9 Å². The first-order valence-electron chi connectivity index (χ1n) is 10.4. The largest absolute Gasteiger partial charge is 0.496 e. The van der Waals surface area contributed by atoms with Gasteiger partial charge in [-0.25, -0.2) is 10.1 Å². The Balaban J connectivity index is 1.48. The molecule has 0 aliphatic carbocycles. The van der Waals surface area contributed by atoms with Crippen molar-refractivity contribution in [3.63, 3.8) is 0 Å². The number of halogens is 1. The van der Waals surface area contributed by atoms with Crippen LogP contribution in [0.3, 0.4) is 0 Å². The maximum atomic E-state index is 12.9. The van der Waals surface area contributed by atoms with Crippen molar-refractivity contribution in [1.82, 2.24) is 25.6 Å². The SMILES string of the molecule is COc1ccc(Cl)cc1C(=O)Nc1ccccc1C(=O)N/N=C(\C)c1ccc(-n2cnnn2)cc1. The summed E-state index contributed by atoms with van der Waals surface area (Å²) in [6, 6.07) is 18.7. The molecule has 4 aromatic rings. The van der Waals surface area contributed by atoms with Crippen molar-refractivity contribution in [2.24, 2.45) is 5.10 Å². The molecule has 1 heterocycles. The lowest BCUT2D eigenvalue weighted by Gasteiger charge is -2.12. The lowest BCUT2D eigenvalue weighted by molar-refractivity contribution is 0.0955. The van der Waals surface area contributed by atoms with E-state index in [0.29, 0.717) is 22.2 Å². The summed E-state index contributed by atoms with van der Waals surface area (Å²) in [7, 11) is 1.46. The fourth-order valence-electron chi connectivity index (χ4n) is 3.23. The van der Waals surface area contributed by atoms with Crippen molar-refractivity contribution in [2.75, 3.05) is 12.4 Å². The van der Waals surface area contributed by atoms with Gasteiger partial charge in [-0.2, -0.15) is 5.10 Å². The van der Waals surface area contributed by atoms with Crippen molar-refractivity contribution in [3.05, 3.63) is 94.8 Å². The van der Waals surface area contributed by atoms with E-state index in [1.54, 1.807) is 43.3 Å². The van der Waals surface area contributed by atoms with E-state index in [-0.39, 0.29) is 11.1 Å². The van der Waals surface area contributed by atoms with Crippen LogP contribution in [0.2, 0.25) is 5.02 Å². The Hall–Kier alpha value is -4.57. The summed E-state index contributed by atoms with van der Waals surface area (Å²) in [5.74, 6) is -0.587. The average Bonchev–Trinajstić information content (AvgIpc) is 3.42. The molecule has 2 amide bonds. The molecular formula is C24H20ClN7O3. The third-order valence-corrected chi connectivity index (χ3v) is 5.28. The van der Waals surface area contributed by atoms with Crippen molar-refractivity contribution in [3.8, 4) is 11.4 Å². The summed E-state index contributed by atoms with van der Waals surface area (Å²) in [5, 5.41) is 18.4. The molecule has 0 spiro atoms. The Morgan fingerprint density at radius 2 is 1.77 bits per heavy atom. The van der Waals surface area contributed by atoms with Crippen LogP contribution in [0.1, 0.15) is 33.2 Å². The maximum absolute atomic E-state index is 12.9. The summed E-state index contributed by atoms with van der Waals surface area (Å²) in [5.41, 5.74) is 5.52. The van der Waals surface area contributed by atoms with Crippen molar-refractivity contribution in [2.45, 2.75) is 6.92 Å². The molecular weight excluding hydrogens is 470 g/mol. The van der Waals surface area contributed by atoms with Gasteiger partial charge in [-0.3, -0.25) is 9.59 Å². The summed E-state index contributed by atoms with van der Waals surface area (Å²) in [6.45, 7) is 1.77. The van der Waals surface area contributed by atoms with E-state index in [4.69, 9.17) is 16.3 Å². The number of tetrazole rings is 1. The second-order valence-corrected chi connectivity index (χ2v) is 7.72. The van der Waals surface area contributed by atoms with Crippen LogP contribution in [0.15, 0.2) is 78.2 Å².